The molecule has 0 aliphatic carbocycles. The molecule has 0 aliphatic rings. The third-order valence-corrected chi connectivity index (χ3v) is 4.65. The van der Waals surface area contributed by atoms with Crippen molar-refractivity contribution < 1.29 is 4.42 Å². The van der Waals surface area contributed by atoms with Crippen LogP contribution in [0.15, 0.2) is 50.5 Å². The fourth-order valence-corrected chi connectivity index (χ4v) is 3.26. The van der Waals surface area contributed by atoms with Gasteiger partial charge in [0.2, 0.25) is 5.95 Å². The summed E-state index contributed by atoms with van der Waals surface area (Å²) in [6.07, 6.45) is 3.38. The van der Waals surface area contributed by atoms with Crippen LogP contribution in [0.5, 0.6) is 0 Å². The van der Waals surface area contributed by atoms with Crippen molar-refractivity contribution in [2.45, 2.75) is 32.7 Å². The summed E-state index contributed by atoms with van der Waals surface area (Å²) in [6.45, 7) is 4.11. The summed E-state index contributed by atoms with van der Waals surface area (Å²) in [5.74, 6) is -0.128. The molecule has 0 saturated heterocycles. The lowest BCUT2D eigenvalue weighted by molar-refractivity contribution is 0.470. The molecule has 0 aliphatic heterocycles. The molecule has 0 spiro atoms. The van der Waals surface area contributed by atoms with Gasteiger partial charge in [-0.1, -0.05) is 13.8 Å². The van der Waals surface area contributed by atoms with Gasteiger partial charge in [0, 0.05) is 29.4 Å². The molecule has 8 heteroatoms. The molecule has 3 aromatic heterocycles. The van der Waals surface area contributed by atoms with Gasteiger partial charge in [-0.15, -0.1) is 0 Å². The van der Waals surface area contributed by atoms with Crippen molar-refractivity contribution in [1.29, 1.82) is 0 Å². The number of rotatable bonds is 5. The average molecular weight is 365 g/mol. The second kappa shape index (κ2) is 6.71. The van der Waals surface area contributed by atoms with Crippen LogP contribution >= 0.6 is 0 Å². The van der Waals surface area contributed by atoms with Crippen molar-refractivity contribution in [1.82, 2.24) is 19.5 Å². The number of nitrogens with one attached hydrogen (secondary N) is 2. The fraction of sp³-hybridized carbons (Fsp3) is 0.263. The van der Waals surface area contributed by atoms with Gasteiger partial charge in [0.05, 0.1) is 5.52 Å². The van der Waals surface area contributed by atoms with E-state index in [1.54, 1.807) is 41.1 Å². The summed E-state index contributed by atoms with van der Waals surface area (Å²) < 4.78 is 6.74. The first-order valence-corrected chi connectivity index (χ1v) is 8.87. The molecule has 8 nitrogen and oxygen atoms in total. The maximum Gasteiger partial charge on any atom is 0.417 e. The van der Waals surface area contributed by atoms with Crippen molar-refractivity contribution >= 4 is 33.8 Å². The Bertz CT molecular complexity index is 1230. The van der Waals surface area contributed by atoms with Gasteiger partial charge in [-0.25, -0.2) is 9.78 Å². The van der Waals surface area contributed by atoms with Gasteiger partial charge in [0.25, 0.3) is 5.56 Å². The largest absolute Gasteiger partial charge is 0.417 e. The van der Waals surface area contributed by atoms with E-state index in [1.807, 2.05) is 0 Å². The predicted molar refractivity (Wildman–Crippen MR) is 104 cm³/mol. The highest BCUT2D eigenvalue weighted by atomic mass is 16.4. The maximum atomic E-state index is 12.4. The number of anilines is 2. The molecular weight excluding hydrogens is 346 g/mol. The van der Waals surface area contributed by atoms with Crippen LogP contribution in [0, 0.1) is 0 Å². The number of benzene rings is 1. The second-order valence-corrected chi connectivity index (χ2v) is 6.33. The molecule has 0 fully saturated rings. The highest BCUT2D eigenvalue weighted by molar-refractivity contribution is 5.79. The van der Waals surface area contributed by atoms with Crippen molar-refractivity contribution in [3.63, 3.8) is 0 Å². The minimum absolute atomic E-state index is 0.0711. The number of hydrogen-bond donors (Lipinski definition) is 2. The van der Waals surface area contributed by atoms with Crippen LogP contribution < -0.4 is 16.6 Å². The average Bonchev–Trinajstić information content (AvgIpc) is 3.03. The van der Waals surface area contributed by atoms with Gasteiger partial charge in [0.15, 0.2) is 5.58 Å². The van der Waals surface area contributed by atoms with Gasteiger partial charge in [0.1, 0.15) is 5.65 Å². The van der Waals surface area contributed by atoms with Crippen LogP contribution in [0.25, 0.3) is 22.1 Å². The Morgan fingerprint density at radius 2 is 2.00 bits per heavy atom. The molecule has 3 heterocycles. The summed E-state index contributed by atoms with van der Waals surface area (Å²) >= 11 is 0. The first-order valence-electron chi connectivity index (χ1n) is 8.87. The van der Waals surface area contributed by atoms with E-state index in [-0.39, 0.29) is 11.6 Å². The van der Waals surface area contributed by atoms with Crippen molar-refractivity contribution in [2.24, 2.45) is 0 Å². The highest BCUT2D eigenvalue weighted by Gasteiger charge is 2.14. The zero-order chi connectivity index (χ0) is 19.0. The maximum absolute atomic E-state index is 12.4. The Morgan fingerprint density at radius 3 is 2.78 bits per heavy atom. The van der Waals surface area contributed by atoms with E-state index in [9.17, 15) is 9.59 Å². The summed E-state index contributed by atoms with van der Waals surface area (Å²) in [7, 11) is 0. The third-order valence-electron chi connectivity index (χ3n) is 4.65. The highest BCUT2D eigenvalue weighted by Crippen LogP contribution is 2.22. The predicted octanol–water partition coefficient (Wildman–Crippen LogP) is 3.33. The zero-order valence-corrected chi connectivity index (χ0v) is 15.0. The lowest BCUT2D eigenvalue weighted by atomic mass is 10.1. The molecule has 0 radical (unpaired) electrons. The second-order valence-electron chi connectivity index (χ2n) is 6.33. The Labute approximate surface area is 153 Å². The molecule has 2 N–H and O–H groups in total. The van der Waals surface area contributed by atoms with E-state index >= 15 is 0 Å². The van der Waals surface area contributed by atoms with E-state index in [4.69, 9.17) is 4.42 Å². The summed E-state index contributed by atoms with van der Waals surface area (Å²) in [6, 6.07) is 8.58. The van der Waals surface area contributed by atoms with E-state index in [0.717, 1.165) is 18.2 Å². The molecule has 0 unspecified atom stereocenters. The summed E-state index contributed by atoms with van der Waals surface area (Å²) in [4.78, 5) is 35.3. The Hall–Kier alpha value is -3.42. The topological polar surface area (TPSA) is 106 Å². The number of hydrogen-bond acceptors (Lipinski definition) is 6. The van der Waals surface area contributed by atoms with Crippen molar-refractivity contribution in [3.8, 4) is 0 Å². The molecule has 0 saturated carbocycles. The lowest BCUT2D eigenvalue weighted by Crippen LogP contribution is -2.24. The molecule has 0 bridgehead atoms. The van der Waals surface area contributed by atoms with E-state index in [2.05, 4.69) is 34.1 Å². The number of aromatic nitrogens is 4. The standard InChI is InChI=1S/C19H19N5O3/c1-3-13(4-2)24-16(25)8-5-11-10-20-18(23-17(11)24)21-12-6-7-15-14(9-12)22-19(26)27-15/h5-10,13H,3-4H2,1-2H3,(H,22,26)(H,20,21,23). The van der Waals surface area contributed by atoms with Crippen LogP contribution in [0.1, 0.15) is 32.7 Å². The number of fused-ring (bicyclic) bond motifs is 2. The minimum atomic E-state index is -0.502. The molecule has 27 heavy (non-hydrogen) atoms. The summed E-state index contributed by atoms with van der Waals surface area (Å²) in [5, 5.41) is 3.92. The van der Waals surface area contributed by atoms with Gasteiger partial charge in [-0.2, -0.15) is 4.98 Å². The molecular formula is C19H19N5O3. The zero-order valence-electron chi connectivity index (χ0n) is 15.0. The molecule has 0 atom stereocenters. The van der Waals surface area contributed by atoms with Gasteiger partial charge in [-0.3, -0.25) is 14.3 Å². The van der Waals surface area contributed by atoms with Crippen molar-refractivity contribution in [3.05, 3.63) is 57.4 Å². The Balaban J connectivity index is 1.78. The Morgan fingerprint density at radius 1 is 1.19 bits per heavy atom. The normalized spacial score (nSPS) is 11.5. The number of nitrogens with zero attached hydrogens (tertiary/aromatic N) is 3. The van der Waals surface area contributed by atoms with E-state index < -0.39 is 5.76 Å². The number of oxazole rings is 1. The smallest absolute Gasteiger partial charge is 0.408 e. The monoisotopic (exact) mass is 365 g/mol. The third kappa shape index (κ3) is 3.10. The SMILES string of the molecule is CCC(CC)n1c(=O)ccc2cnc(Nc3ccc4oc(=O)[nH]c4c3)nc21. The van der Waals surface area contributed by atoms with Gasteiger partial charge >= 0.3 is 5.76 Å². The number of pyridine rings is 1. The minimum Gasteiger partial charge on any atom is -0.408 e. The molecule has 4 aromatic rings. The van der Waals surface area contributed by atoms with Crippen LogP contribution in [0.4, 0.5) is 11.6 Å². The first kappa shape index (κ1) is 17.0. The molecule has 138 valence electrons. The van der Waals surface area contributed by atoms with Crippen molar-refractivity contribution in [2.75, 3.05) is 5.32 Å². The van der Waals surface area contributed by atoms with E-state index in [0.29, 0.717) is 28.4 Å². The number of aromatic amines is 1. The van der Waals surface area contributed by atoms with Crippen LogP contribution in [0.3, 0.4) is 0 Å². The van der Waals surface area contributed by atoms with Crippen LogP contribution in [-0.2, 0) is 0 Å². The quantitative estimate of drug-likeness (QED) is 0.562. The Kier molecular flexibility index (Phi) is 4.23. The van der Waals surface area contributed by atoms with Crippen LogP contribution in [0.2, 0.25) is 0 Å². The lowest BCUT2D eigenvalue weighted by Gasteiger charge is -2.18. The van der Waals surface area contributed by atoms with Gasteiger partial charge < -0.3 is 9.73 Å². The first-order chi connectivity index (χ1) is 13.1. The number of H-pyrrole nitrogens is 1. The fourth-order valence-electron chi connectivity index (χ4n) is 3.26. The van der Waals surface area contributed by atoms with Gasteiger partial charge in [-0.05, 0) is 37.1 Å². The molecule has 4 rings (SSSR count). The van der Waals surface area contributed by atoms with Crippen LogP contribution in [-0.4, -0.2) is 19.5 Å². The molecule has 0 amide bonds. The molecule has 1 aromatic carbocycles. The van der Waals surface area contributed by atoms with E-state index in [1.165, 1.54) is 0 Å². The summed E-state index contributed by atoms with van der Waals surface area (Å²) in [5.41, 5.74) is 2.29.